The Balaban J connectivity index is 0.000000232. The molecule has 0 unspecified atom stereocenters. The number of benzene rings is 2. The van der Waals surface area contributed by atoms with Crippen LogP contribution in [0.5, 0.6) is 0 Å². The largest absolute Gasteiger partial charge is 0.460 e. The molecule has 0 spiro atoms. The van der Waals surface area contributed by atoms with Crippen LogP contribution in [0.25, 0.3) is 11.1 Å². The summed E-state index contributed by atoms with van der Waals surface area (Å²) in [7, 11) is 0. The van der Waals surface area contributed by atoms with Gasteiger partial charge in [-0.15, -0.1) is 0 Å². The van der Waals surface area contributed by atoms with Crippen molar-refractivity contribution in [2.45, 2.75) is 0 Å². The number of rotatable bonds is 7. The van der Waals surface area contributed by atoms with Crippen LogP contribution in [0.15, 0.2) is 73.3 Å². The van der Waals surface area contributed by atoms with Gasteiger partial charge in [-0.3, -0.25) is 0 Å². The molecule has 0 radical (unpaired) electrons. The first-order valence-electron chi connectivity index (χ1n) is 7.36. The van der Waals surface area contributed by atoms with E-state index in [-0.39, 0.29) is 19.8 Å². The standard InChI is InChI=1S/C12H10.C7H12O4/c1-3-7-11(8-4-1)12-9-5-2-6-10-12;1-2-7(9)11-6-5-10-4-3-8/h1-10H;2,8H,1,3-6H2. The summed E-state index contributed by atoms with van der Waals surface area (Å²) in [5.41, 5.74) is 2.55. The lowest BCUT2D eigenvalue weighted by Gasteiger charge is -2.01. The van der Waals surface area contributed by atoms with Gasteiger partial charge in [0.1, 0.15) is 6.61 Å². The summed E-state index contributed by atoms with van der Waals surface area (Å²) in [6, 6.07) is 20.8. The second kappa shape index (κ2) is 12.1. The van der Waals surface area contributed by atoms with Gasteiger partial charge in [0.2, 0.25) is 0 Å². The highest BCUT2D eigenvalue weighted by Gasteiger charge is 1.93. The third-order valence-electron chi connectivity index (χ3n) is 2.76. The molecule has 0 amide bonds. The van der Waals surface area contributed by atoms with Crippen LogP contribution in [-0.2, 0) is 14.3 Å². The van der Waals surface area contributed by atoms with Crippen LogP contribution in [0.4, 0.5) is 0 Å². The molecular weight excluding hydrogens is 292 g/mol. The SMILES string of the molecule is C=CC(=O)OCCOCCO.c1ccc(-c2ccccc2)cc1. The second-order valence-corrected chi connectivity index (χ2v) is 4.44. The molecular formula is C19H22O4. The normalized spacial score (nSPS) is 9.43. The van der Waals surface area contributed by atoms with Crippen LogP contribution < -0.4 is 0 Å². The Kier molecular flexibility index (Phi) is 9.83. The van der Waals surface area contributed by atoms with Crippen molar-refractivity contribution in [3.05, 3.63) is 73.3 Å². The minimum absolute atomic E-state index is 0.0184. The Morgan fingerprint density at radius 2 is 1.43 bits per heavy atom. The number of carbonyl (C=O) groups is 1. The van der Waals surface area contributed by atoms with Gasteiger partial charge in [0.05, 0.1) is 19.8 Å². The number of ether oxygens (including phenoxy) is 2. The molecule has 122 valence electrons. The average molecular weight is 314 g/mol. The van der Waals surface area contributed by atoms with Gasteiger partial charge in [-0.1, -0.05) is 67.2 Å². The van der Waals surface area contributed by atoms with Crippen molar-refractivity contribution in [2.75, 3.05) is 26.4 Å². The van der Waals surface area contributed by atoms with Crippen molar-refractivity contribution >= 4 is 5.97 Å². The molecule has 0 aliphatic rings. The van der Waals surface area contributed by atoms with Crippen LogP contribution in [0, 0.1) is 0 Å². The van der Waals surface area contributed by atoms with E-state index in [2.05, 4.69) is 59.8 Å². The molecule has 0 aliphatic carbocycles. The highest BCUT2D eigenvalue weighted by molar-refractivity contribution is 5.81. The summed E-state index contributed by atoms with van der Waals surface area (Å²) in [5, 5.41) is 8.27. The van der Waals surface area contributed by atoms with Crippen LogP contribution >= 0.6 is 0 Å². The molecule has 0 heterocycles. The van der Waals surface area contributed by atoms with Gasteiger partial charge in [0.15, 0.2) is 0 Å². The van der Waals surface area contributed by atoms with Crippen molar-refractivity contribution < 1.29 is 19.4 Å². The Bertz CT molecular complexity index is 515. The Morgan fingerprint density at radius 3 is 1.87 bits per heavy atom. The van der Waals surface area contributed by atoms with E-state index < -0.39 is 5.97 Å². The van der Waals surface area contributed by atoms with E-state index in [1.165, 1.54) is 11.1 Å². The van der Waals surface area contributed by atoms with Gasteiger partial charge in [-0.25, -0.2) is 4.79 Å². The molecule has 0 aliphatic heterocycles. The molecule has 2 aromatic rings. The molecule has 0 atom stereocenters. The fourth-order valence-corrected chi connectivity index (χ4v) is 1.69. The fourth-order valence-electron chi connectivity index (χ4n) is 1.69. The minimum atomic E-state index is -0.461. The van der Waals surface area contributed by atoms with E-state index >= 15 is 0 Å². The second-order valence-electron chi connectivity index (χ2n) is 4.44. The quantitative estimate of drug-likeness (QED) is 0.485. The molecule has 2 rings (SSSR count). The zero-order valence-electron chi connectivity index (χ0n) is 13.1. The summed E-state index contributed by atoms with van der Waals surface area (Å²) < 4.78 is 9.39. The van der Waals surface area contributed by atoms with Gasteiger partial charge in [0.25, 0.3) is 0 Å². The lowest BCUT2D eigenvalue weighted by atomic mass is 10.1. The summed E-state index contributed by atoms with van der Waals surface area (Å²) in [4.78, 5) is 10.4. The van der Waals surface area contributed by atoms with E-state index in [4.69, 9.17) is 9.84 Å². The number of aliphatic hydroxyl groups excluding tert-OH is 1. The van der Waals surface area contributed by atoms with Gasteiger partial charge in [0, 0.05) is 6.08 Å². The lowest BCUT2D eigenvalue weighted by Crippen LogP contribution is -2.09. The number of hydrogen-bond donors (Lipinski definition) is 1. The molecule has 1 N–H and O–H groups in total. The highest BCUT2D eigenvalue weighted by Crippen LogP contribution is 2.17. The highest BCUT2D eigenvalue weighted by atomic mass is 16.6. The monoisotopic (exact) mass is 314 g/mol. The number of hydrogen-bond acceptors (Lipinski definition) is 4. The van der Waals surface area contributed by atoms with Crippen molar-refractivity contribution in [3.63, 3.8) is 0 Å². The molecule has 0 saturated carbocycles. The zero-order chi connectivity index (χ0) is 16.8. The molecule has 2 aromatic carbocycles. The first-order valence-corrected chi connectivity index (χ1v) is 7.36. The van der Waals surface area contributed by atoms with E-state index in [1.807, 2.05) is 12.1 Å². The maximum atomic E-state index is 10.4. The van der Waals surface area contributed by atoms with Crippen LogP contribution in [0.1, 0.15) is 0 Å². The summed E-state index contributed by atoms with van der Waals surface area (Å²) in [6.07, 6.45) is 1.09. The predicted molar refractivity (Wildman–Crippen MR) is 90.9 cm³/mol. The molecule has 0 aromatic heterocycles. The number of esters is 1. The minimum Gasteiger partial charge on any atom is -0.460 e. The van der Waals surface area contributed by atoms with E-state index in [9.17, 15) is 4.79 Å². The molecule has 4 heteroatoms. The first-order chi connectivity index (χ1) is 11.3. The fraction of sp³-hybridized carbons (Fsp3) is 0.211. The molecule has 0 fully saturated rings. The number of aliphatic hydroxyl groups is 1. The predicted octanol–water partition coefficient (Wildman–Crippen LogP) is 3.08. The summed E-state index contributed by atoms with van der Waals surface area (Å²) >= 11 is 0. The third kappa shape index (κ3) is 8.56. The average Bonchev–Trinajstić information content (AvgIpc) is 2.63. The van der Waals surface area contributed by atoms with Gasteiger partial charge in [-0.05, 0) is 11.1 Å². The van der Waals surface area contributed by atoms with Crippen molar-refractivity contribution in [1.82, 2.24) is 0 Å². The maximum Gasteiger partial charge on any atom is 0.330 e. The summed E-state index contributed by atoms with van der Waals surface area (Å²) in [5.74, 6) is -0.461. The van der Waals surface area contributed by atoms with E-state index in [0.29, 0.717) is 6.61 Å². The van der Waals surface area contributed by atoms with Crippen molar-refractivity contribution in [3.8, 4) is 11.1 Å². The van der Waals surface area contributed by atoms with Gasteiger partial charge >= 0.3 is 5.97 Å². The van der Waals surface area contributed by atoms with Crippen molar-refractivity contribution in [1.29, 1.82) is 0 Å². The molecule has 23 heavy (non-hydrogen) atoms. The lowest BCUT2D eigenvalue weighted by molar-refractivity contribution is -0.139. The maximum absolute atomic E-state index is 10.4. The van der Waals surface area contributed by atoms with Crippen molar-refractivity contribution in [2.24, 2.45) is 0 Å². The zero-order valence-corrected chi connectivity index (χ0v) is 13.1. The van der Waals surface area contributed by atoms with Gasteiger partial charge in [-0.2, -0.15) is 0 Å². The smallest absolute Gasteiger partial charge is 0.330 e. The molecule has 0 saturated heterocycles. The Morgan fingerprint density at radius 1 is 0.913 bits per heavy atom. The van der Waals surface area contributed by atoms with Crippen LogP contribution in [0.2, 0.25) is 0 Å². The molecule has 4 nitrogen and oxygen atoms in total. The van der Waals surface area contributed by atoms with Crippen LogP contribution in [-0.4, -0.2) is 37.5 Å². The Labute approximate surface area is 137 Å². The van der Waals surface area contributed by atoms with E-state index in [0.717, 1.165) is 6.08 Å². The van der Waals surface area contributed by atoms with Crippen LogP contribution in [0.3, 0.4) is 0 Å². The van der Waals surface area contributed by atoms with E-state index in [1.54, 1.807) is 0 Å². The number of carbonyl (C=O) groups excluding carboxylic acids is 1. The summed E-state index contributed by atoms with van der Waals surface area (Å²) in [6.45, 7) is 3.98. The first kappa shape index (κ1) is 18.6. The molecule has 0 bridgehead atoms. The van der Waals surface area contributed by atoms with Gasteiger partial charge < -0.3 is 14.6 Å². The topological polar surface area (TPSA) is 55.8 Å². The Hall–Kier alpha value is -2.43. The third-order valence-corrected chi connectivity index (χ3v) is 2.76.